The molecule has 1 unspecified atom stereocenters. The van der Waals surface area contributed by atoms with Gasteiger partial charge in [0.25, 0.3) is 5.91 Å². The summed E-state index contributed by atoms with van der Waals surface area (Å²) in [6, 6.07) is 5.45. The van der Waals surface area contributed by atoms with Crippen LogP contribution in [0.15, 0.2) is 23.6 Å². The Balaban J connectivity index is 1.29. The van der Waals surface area contributed by atoms with E-state index in [4.69, 9.17) is 5.73 Å². The Morgan fingerprint density at radius 1 is 1.30 bits per heavy atom. The maximum atomic E-state index is 14.6. The molecule has 33 heavy (non-hydrogen) atoms. The largest absolute Gasteiger partial charge is 0.375 e. The molecule has 8 nitrogen and oxygen atoms in total. The predicted molar refractivity (Wildman–Crippen MR) is 118 cm³/mol. The van der Waals surface area contributed by atoms with Gasteiger partial charge in [-0.3, -0.25) is 14.4 Å². The Morgan fingerprint density at radius 3 is 2.79 bits per heavy atom. The minimum Gasteiger partial charge on any atom is -0.375 e. The van der Waals surface area contributed by atoms with Crippen LogP contribution in [0.5, 0.6) is 0 Å². The van der Waals surface area contributed by atoms with Crippen LogP contribution in [0.3, 0.4) is 0 Å². The number of anilines is 1. The Bertz CT molecular complexity index is 1060. The van der Waals surface area contributed by atoms with Crippen molar-refractivity contribution in [1.82, 2.24) is 20.5 Å². The molecule has 1 atom stereocenters. The van der Waals surface area contributed by atoms with Crippen LogP contribution >= 0.6 is 11.3 Å². The van der Waals surface area contributed by atoms with Crippen molar-refractivity contribution >= 4 is 34.2 Å². The van der Waals surface area contributed by atoms with Crippen LogP contribution in [0.1, 0.15) is 48.1 Å². The summed E-state index contributed by atoms with van der Waals surface area (Å²) in [6.07, 6.45) is 2.40. The fourth-order valence-corrected chi connectivity index (χ4v) is 4.68. The van der Waals surface area contributed by atoms with Crippen molar-refractivity contribution in [2.45, 2.75) is 51.2 Å². The van der Waals surface area contributed by atoms with E-state index in [0.717, 1.165) is 44.7 Å². The number of nitrogens with two attached hydrogens (primary N) is 1. The Kier molecular flexibility index (Phi) is 6.59. The zero-order valence-electron chi connectivity index (χ0n) is 17.9. The standard InChI is InChI=1S/C22H25F2N5O3S/c23-22(24,17-12-33-21(25)28-17)20(32)29-10-15-4-1-14(7-16(15)11-29)9-27-19(31)6-3-13-2-5-18(30)26-8-13/h1,4,7,12-13H,2-3,5-6,8-11H2,(H2,25,28)(H,26,30)(H,27,31). The average molecular weight is 478 g/mol. The zero-order chi connectivity index (χ0) is 23.6. The van der Waals surface area contributed by atoms with Crippen LogP contribution in [0, 0.1) is 5.92 Å². The second-order valence-electron chi connectivity index (χ2n) is 8.43. The van der Waals surface area contributed by atoms with Gasteiger partial charge in [-0.25, -0.2) is 4.98 Å². The monoisotopic (exact) mass is 477 g/mol. The lowest BCUT2D eigenvalue weighted by molar-refractivity contribution is -0.160. The Hall–Kier alpha value is -3.08. The molecular formula is C22H25F2N5O3S. The van der Waals surface area contributed by atoms with Crippen LogP contribution < -0.4 is 16.4 Å². The first-order chi connectivity index (χ1) is 15.7. The smallest absolute Gasteiger partial charge is 0.367 e. The lowest BCUT2D eigenvalue weighted by Gasteiger charge is -2.21. The van der Waals surface area contributed by atoms with E-state index in [1.54, 1.807) is 6.07 Å². The van der Waals surface area contributed by atoms with E-state index in [2.05, 4.69) is 15.6 Å². The number of halogens is 2. The van der Waals surface area contributed by atoms with Crippen LogP contribution in [0.4, 0.5) is 13.9 Å². The number of carbonyl (C=O) groups excluding carboxylic acids is 3. The van der Waals surface area contributed by atoms with Crippen LogP contribution in [0.2, 0.25) is 0 Å². The highest BCUT2D eigenvalue weighted by atomic mass is 32.1. The second kappa shape index (κ2) is 9.42. The third-order valence-corrected chi connectivity index (χ3v) is 6.70. The number of aromatic nitrogens is 1. The van der Waals surface area contributed by atoms with E-state index in [1.807, 2.05) is 12.1 Å². The van der Waals surface area contributed by atoms with E-state index in [9.17, 15) is 23.2 Å². The first-order valence-electron chi connectivity index (χ1n) is 10.7. The van der Waals surface area contributed by atoms with Gasteiger partial charge in [0.05, 0.1) is 0 Å². The van der Waals surface area contributed by atoms with Crippen molar-refractivity contribution in [1.29, 1.82) is 0 Å². The molecule has 2 aromatic rings. The fraction of sp³-hybridized carbons (Fsp3) is 0.455. The van der Waals surface area contributed by atoms with E-state index in [1.165, 1.54) is 0 Å². The Labute approximate surface area is 193 Å². The number of nitrogen functional groups attached to an aromatic ring is 1. The van der Waals surface area contributed by atoms with E-state index >= 15 is 0 Å². The summed E-state index contributed by atoms with van der Waals surface area (Å²) in [4.78, 5) is 40.6. The number of rotatable bonds is 7. The molecule has 1 saturated heterocycles. The van der Waals surface area contributed by atoms with E-state index in [0.29, 0.717) is 38.3 Å². The van der Waals surface area contributed by atoms with Crippen molar-refractivity contribution in [2.75, 3.05) is 12.3 Å². The van der Waals surface area contributed by atoms with Gasteiger partial charge >= 0.3 is 5.92 Å². The molecule has 4 rings (SSSR count). The molecule has 0 saturated carbocycles. The summed E-state index contributed by atoms with van der Waals surface area (Å²) in [5.74, 6) is -4.75. The summed E-state index contributed by atoms with van der Waals surface area (Å²) in [5.41, 5.74) is 7.21. The summed E-state index contributed by atoms with van der Waals surface area (Å²) < 4.78 is 29.2. The predicted octanol–water partition coefficient (Wildman–Crippen LogP) is 2.28. The van der Waals surface area contributed by atoms with Crippen molar-refractivity contribution in [3.8, 4) is 0 Å². The number of carbonyl (C=O) groups is 3. The van der Waals surface area contributed by atoms with Crippen molar-refractivity contribution in [2.24, 2.45) is 5.92 Å². The summed E-state index contributed by atoms with van der Waals surface area (Å²) >= 11 is 0.865. The van der Waals surface area contributed by atoms with Gasteiger partial charge in [0.1, 0.15) is 5.69 Å². The molecule has 2 aliphatic rings. The first kappa shape index (κ1) is 23.1. The van der Waals surface area contributed by atoms with Gasteiger partial charge in [-0.2, -0.15) is 8.78 Å². The first-order valence-corrected chi connectivity index (χ1v) is 11.6. The number of nitrogens with one attached hydrogen (secondary N) is 2. The van der Waals surface area contributed by atoms with Crippen LogP contribution in [-0.2, 0) is 39.9 Å². The molecule has 4 N–H and O–H groups in total. The number of amides is 3. The van der Waals surface area contributed by atoms with Crippen LogP contribution in [-0.4, -0.2) is 34.2 Å². The van der Waals surface area contributed by atoms with E-state index < -0.39 is 17.5 Å². The van der Waals surface area contributed by atoms with Gasteiger partial charge in [0.2, 0.25) is 11.8 Å². The molecule has 3 amide bonds. The zero-order valence-corrected chi connectivity index (χ0v) is 18.7. The number of piperidine rings is 1. The lowest BCUT2D eigenvalue weighted by atomic mass is 9.94. The number of nitrogens with zero attached hydrogens (tertiary/aromatic N) is 2. The van der Waals surface area contributed by atoms with Crippen molar-refractivity contribution in [3.05, 3.63) is 46.0 Å². The van der Waals surface area contributed by atoms with Gasteiger partial charge in [-0.15, -0.1) is 11.3 Å². The van der Waals surface area contributed by atoms with Gasteiger partial charge in [0, 0.05) is 44.4 Å². The molecule has 11 heteroatoms. The van der Waals surface area contributed by atoms with Gasteiger partial charge in [-0.05, 0) is 35.4 Å². The second-order valence-corrected chi connectivity index (χ2v) is 9.32. The third kappa shape index (κ3) is 5.29. The Morgan fingerprint density at radius 2 is 2.09 bits per heavy atom. The number of alkyl halides is 2. The maximum Gasteiger partial charge on any atom is 0.367 e. The van der Waals surface area contributed by atoms with Crippen molar-refractivity contribution in [3.63, 3.8) is 0 Å². The minimum atomic E-state index is -3.74. The average Bonchev–Trinajstić information content (AvgIpc) is 3.43. The number of thiazole rings is 1. The molecule has 1 aromatic carbocycles. The quantitative estimate of drug-likeness (QED) is 0.566. The molecule has 0 radical (unpaired) electrons. The van der Waals surface area contributed by atoms with Crippen molar-refractivity contribution < 1.29 is 23.2 Å². The highest BCUT2D eigenvalue weighted by molar-refractivity contribution is 7.13. The third-order valence-electron chi connectivity index (χ3n) is 6.03. The number of hydrogen-bond acceptors (Lipinski definition) is 6. The highest BCUT2D eigenvalue weighted by Gasteiger charge is 2.47. The molecular weight excluding hydrogens is 452 g/mol. The highest BCUT2D eigenvalue weighted by Crippen LogP contribution is 2.35. The number of fused-ring (bicyclic) bond motifs is 1. The van der Waals surface area contributed by atoms with E-state index in [-0.39, 0.29) is 30.0 Å². The number of hydrogen-bond donors (Lipinski definition) is 3. The number of benzene rings is 1. The minimum absolute atomic E-state index is 0.0145. The molecule has 0 aliphatic carbocycles. The summed E-state index contributed by atoms with van der Waals surface area (Å²) in [5, 5.41) is 6.77. The molecule has 2 aliphatic heterocycles. The molecule has 1 fully saturated rings. The summed E-state index contributed by atoms with van der Waals surface area (Å²) in [7, 11) is 0. The molecule has 0 bridgehead atoms. The molecule has 176 valence electrons. The lowest BCUT2D eigenvalue weighted by Crippen LogP contribution is -2.39. The van der Waals surface area contributed by atoms with Gasteiger partial charge in [0.15, 0.2) is 5.13 Å². The van der Waals surface area contributed by atoms with Gasteiger partial charge in [-0.1, -0.05) is 18.2 Å². The molecule has 3 heterocycles. The molecule has 0 spiro atoms. The van der Waals surface area contributed by atoms with Crippen LogP contribution in [0.25, 0.3) is 0 Å². The SMILES string of the molecule is Nc1nc(C(F)(F)C(=O)N2Cc3ccc(CNC(=O)CCC4CCC(=O)NC4)cc3C2)cs1. The normalized spacial score (nSPS) is 18.1. The topological polar surface area (TPSA) is 117 Å². The maximum absolute atomic E-state index is 14.6. The fourth-order valence-electron chi connectivity index (χ4n) is 4.10. The molecule has 1 aromatic heterocycles. The van der Waals surface area contributed by atoms with Gasteiger partial charge < -0.3 is 21.3 Å². The summed E-state index contributed by atoms with van der Waals surface area (Å²) in [6.45, 7) is 1.09.